The topological polar surface area (TPSA) is 114 Å². The van der Waals surface area contributed by atoms with Crippen molar-refractivity contribution >= 4 is 45.8 Å². The zero-order valence-electron chi connectivity index (χ0n) is 19.7. The summed E-state index contributed by atoms with van der Waals surface area (Å²) < 4.78 is 27.5. The minimum atomic E-state index is -1.26. The minimum Gasteiger partial charge on any atom is -0.593 e. The number of carbonyl (C=O) groups excluding carboxylic acids is 1. The maximum atomic E-state index is 13.6. The summed E-state index contributed by atoms with van der Waals surface area (Å²) in [6, 6.07) is 8.90. The van der Waals surface area contributed by atoms with Crippen LogP contribution in [0.25, 0.3) is 0 Å². The number of nitrogens with one attached hydrogen (secondary N) is 3. The molecule has 9 nitrogen and oxygen atoms in total. The van der Waals surface area contributed by atoms with Gasteiger partial charge in [-0.05, 0) is 43.4 Å². The van der Waals surface area contributed by atoms with Crippen molar-refractivity contribution in [3.63, 3.8) is 0 Å². The zero-order chi connectivity index (χ0) is 24.9. The highest BCUT2D eigenvalue weighted by Crippen LogP contribution is 2.43. The van der Waals surface area contributed by atoms with Gasteiger partial charge in [0.05, 0.1) is 60.0 Å². The first kappa shape index (κ1) is 24.7. The number of rotatable bonds is 10. The van der Waals surface area contributed by atoms with Crippen molar-refractivity contribution in [1.82, 2.24) is 15.4 Å². The second-order valence-corrected chi connectivity index (χ2v) is 9.49. The van der Waals surface area contributed by atoms with E-state index in [-0.39, 0.29) is 5.56 Å². The normalized spacial score (nSPS) is 13.7. The van der Waals surface area contributed by atoms with Gasteiger partial charge in [-0.15, -0.1) is 0 Å². The molecule has 1 fully saturated rings. The third kappa shape index (κ3) is 6.18. The lowest BCUT2D eigenvalue weighted by atomic mass is 10.1. The number of pyridine rings is 2. The lowest BCUT2D eigenvalue weighted by Crippen LogP contribution is -2.26. The molecule has 1 saturated carbocycles. The molecule has 1 atom stereocenters. The maximum absolute atomic E-state index is 13.6. The molecule has 184 valence electrons. The fourth-order valence-electron chi connectivity index (χ4n) is 3.50. The lowest BCUT2D eigenvalue weighted by molar-refractivity contribution is 0.0365. The molecule has 0 aliphatic heterocycles. The number of aromatic nitrogens is 2. The lowest BCUT2D eigenvalue weighted by Gasteiger charge is -2.23. The Labute approximate surface area is 206 Å². The molecule has 0 radical (unpaired) electrons. The molecule has 4 rings (SSSR count). The summed E-state index contributed by atoms with van der Waals surface area (Å²) in [5, 5.41) is 6.29. The highest BCUT2D eigenvalue weighted by molar-refractivity contribution is 7.92. The number of nitrogens with zero attached hydrogens (tertiary/aromatic N) is 3. The van der Waals surface area contributed by atoms with Crippen LogP contribution in [0.15, 0.2) is 48.9 Å². The van der Waals surface area contributed by atoms with E-state index in [4.69, 9.17) is 4.84 Å². The minimum absolute atomic E-state index is 0.235. The smallest absolute Gasteiger partial charge is 0.278 e. The summed E-state index contributed by atoms with van der Waals surface area (Å²) >= 11 is -1.26. The Morgan fingerprint density at radius 2 is 2.00 bits per heavy atom. The predicted octanol–water partition coefficient (Wildman–Crippen LogP) is 4.39. The van der Waals surface area contributed by atoms with Crippen LogP contribution < -0.4 is 20.4 Å². The third-order valence-corrected chi connectivity index (χ3v) is 6.47. The van der Waals surface area contributed by atoms with Crippen LogP contribution in [0.4, 0.5) is 33.0 Å². The maximum Gasteiger partial charge on any atom is 0.278 e. The quantitative estimate of drug-likeness (QED) is 0.279. The molecule has 1 aliphatic rings. The first-order chi connectivity index (χ1) is 16.9. The fraction of sp³-hybridized carbons (Fsp3) is 0.292. The SMILES string of the molecule is CCONC(=O)c1cnc(Nc2cncc(F)c2)cc1Nc1ccc(C2CC2)cc1N(C)[S+](C)[O-]. The molecule has 35 heavy (non-hydrogen) atoms. The van der Waals surface area contributed by atoms with E-state index in [2.05, 4.69) is 26.1 Å². The van der Waals surface area contributed by atoms with Crippen LogP contribution in [0.1, 0.15) is 41.6 Å². The van der Waals surface area contributed by atoms with E-state index in [9.17, 15) is 13.7 Å². The van der Waals surface area contributed by atoms with Crippen molar-refractivity contribution < 1.29 is 18.6 Å². The van der Waals surface area contributed by atoms with Crippen molar-refractivity contribution in [3.05, 3.63) is 65.9 Å². The summed E-state index contributed by atoms with van der Waals surface area (Å²) in [4.78, 5) is 25.9. The number of hydrogen-bond acceptors (Lipinski definition) is 8. The highest BCUT2D eigenvalue weighted by atomic mass is 32.2. The first-order valence-corrected chi connectivity index (χ1v) is 12.6. The average molecular weight is 499 g/mol. The number of halogens is 1. The molecule has 0 saturated heterocycles. The summed E-state index contributed by atoms with van der Waals surface area (Å²) in [6.07, 6.45) is 7.85. The number of anilines is 5. The molecule has 3 N–H and O–H groups in total. The van der Waals surface area contributed by atoms with E-state index in [0.717, 1.165) is 24.7 Å². The van der Waals surface area contributed by atoms with Gasteiger partial charge >= 0.3 is 0 Å². The van der Waals surface area contributed by atoms with Crippen LogP contribution in [-0.2, 0) is 16.2 Å². The molecule has 0 bridgehead atoms. The van der Waals surface area contributed by atoms with Crippen LogP contribution in [0.2, 0.25) is 0 Å². The van der Waals surface area contributed by atoms with E-state index in [0.29, 0.717) is 35.4 Å². The first-order valence-electron chi connectivity index (χ1n) is 11.1. The summed E-state index contributed by atoms with van der Waals surface area (Å²) in [6.45, 7) is 2.06. The van der Waals surface area contributed by atoms with Gasteiger partial charge in [0.2, 0.25) is 0 Å². The van der Waals surface area contributed by atoms with Gasteiger partial charge in [0.15, 0.2) is 0 Å². The summed E-state index contributed by atoms with van der Waals surface area (Å²) in [7, 11) is 1.76. The van der Waals surface area contributed by atoms with E-state index >= 15 is 0 Å². The van der Waals surface area contributed by atoms with E-state index in [1.54, 1.807) is 30.6 Å². The molecule has 1 unspecified atom stereocenters. The van der Waals surface area contributed by atoms with Crippen LogP contribution in [0.5, 0.6) is 0 Å². The van der Waals surface area contributed by atoms with Crippen LogP contribution in [-0.4, -0.2) is 40.3 Å². The Balaban J connectivity index is 1.71. The van der Waals surface area contributed by atoms with Gasteiger partial charge in [-0.2, -0.15) is 4.31 Å². The van der Waals surface area contributed by atoms with Crippen LogP contribution >= 0.6 is 0 Å². The van der Waals surface area contributed by atoms with Crippen LogP contribution in [0.3, 0.4) is 0 Å². The molecule has 1 amide bonds. The van der Waals surface area contributed by atoms with Gasteiger partial charge in [0, 0.05) is 18.3 Å². The fourth-order valence-corrected chi connectivity index (χ4v) is 3.93. The molecule has 11 heteroatoms. The number of carbonyl (C=O) groups is 1. The van der Waals surface area contributed by atoms with Crippen molar-refractivity contribution in [2.45, 2.75) is 25.7 Å². The molecule has 3 aromatic rings. The molecular formula is C24H27FN6O3S. The van der Waals surface area contributed by atoms with E-state index < -0.39 is 23.1 Å². The molecule has 0 spiro atoms. The predicted molar refractivity (Wildman–Crippen MR) is 135 cm³/mol. The van der Waals surface area contributed by atoms with Gasteiger partial charge in [0.1, 0.15) is 23.6 Å². The number of benzene rings is 1. The molecule has 1 aliphatic carbocycles. The standard InChI is InChI=1S/C24H27FN6O3S/c1-4-34-30-24(32)19-14-27-23(28-18-10-17(25)12-26-13-18)11-21(19)29-20-8-7-16(15-5-6-15)9-22(20)31(2)35(3)33/h7-15H,4-6H2,1-3H3,(H,30,32)(H2,27,28,29). The van der Waals surface area contributed by atoms with E-state index in [1.807, 2.05) is 18.2 Å². The van der Waals surface area contributed by atoms with Gasteiger partial charge in [-0.25, -0.2) is 14.9 Å². The number of amides is 1. The second-order valence-electron chi connectivity index (χ2n) is 8.09. The Kier molecular flexibility index (Phi) is 7.69. The molecular weight excluding hydrogens is 471 g/mol. The second kappa shape index (κ2) is 10.9. The average Bonchev–Trinajstić information content (AvgIpc) is 3.68. The van der Waals surface area contributed by atoms with Gasteiger partial charge in [0.25, 0.3) is 5.91 Å². The summed E-state index contributed by atoms with van der Waals surface area (Å²) in [5.41, 5.74) is 6.05. The molecule has 1 aromatic carbocycles. The Morgan fingerprint density at radius 1 is 1.20 bits per heavy atom. The van der Waals surface area contributed by atoms with Gasteiger partial charge in [-0.3, -0.25) is 14.6 Å². The van der Waals surface area contributed by atoms with Crippen LogP contribution in [0, 0.1) is 5.82 Å². The number of hydroxylamine groups is 1. The third-order valence-electron chi connectivity index (χ3n) is 5.50. The number of hydrogen-bond donors (Lipinski definition) is 3. The van der Waals surface area contributed by atoms with E-state index in [1.165, 1.54) is 24.0 Å². The summed E-state index contributed by atoms with van der Waals surface area (Å²) in [5.74, 6) is -0.0801. The highest BCUT2D eigenvalue weighted by Gasteiger charge is 2.26. The Hall–Kier alpha value is -3.41. The Bertz CT molecular complexity index is 1210. The van der Waals surface area contributed by atoms with Crippen molar-refractivity contribution in [3.8, 4) is 0 Å². The van der Waals surface area contributed by atoms with Crippen molar-refractivity contribution in [2.24, 2.45) is 0 Å². The molecule has 2 heterocycles. The monoisotopic (exact) mass is 498 g/mol. The van der Waals surface area contributed by atoms with Gasteiger partial charge in [-0.1, -0.05) is 6.07 Å². The van der Waals surface area contributed by atoms with Crippen molar-refractivity contribution in [2.75, 3.05) is 34.8 Å². The Morgan fingerprint density at radius 3 is 2.69 bits per heavy atom. The zero-order valence-corrected chi connectivity index (χ0v) is 20.5. The van der Waals surface area contributed by atoms with Crippen molar-refractivity contribution in [1.29, 1.82) is 0 Å². The van der Waals surface area contributed by atoms with Gasteiger partial charge < -0.3 is 15.2 Å². The molecule has 2 aromatic heterocycles. The largest absolute Gasteiger partial charge is 0.593 e.